The van der Waals surface area contributed by atoms with Crippen molar-refractivity contribution < 1.29 is 18.7 Å². The van der Waals surface area contributed by atoms with Gasteiger partial charge in [-0.1, -0.05) is 22.9 Å². The maximum Gasteiger partial charge on any atom is 0.259 e. The summed E-state index contributed by atoms with van der Waals surface area (Å²) < 4.78 is 25.1. The summed E-state index contributed by atoms with van der Waals surface area (Å²) in [7, 11) is 2.95. The minimum atomic E-state index is -0.682. The van der Waals surface area contributed by atoms with Crippen LogP contribution in [0.1, 0.15) is 21.1 Å². The quantitative estimate of drug-likeness (QED) is 0.643. The Bertz CT molecular complexity index is 1030. The van der Waals surface area contributed by atoms with E-state index in [4.69, 9.17) is 21.1 Å². The molecule has 0 aliphatic heterocycles. The number of carbonyl (C=O) groups is 1. The highest BCUT2D eigenvalue weighted by molar-refractivity contribution is 7.15. The van der Waals surface area contributed by atoms with Crippen LogP contribution >= 0.6 is 22.9 Å². The van der Waals surface area contributed by atoms with Gasteiger partial charge >= 0.3 is 0 Å². The molecule has 28 heavy (non-hydrogen) atoms. The summed E-state index contributed by atoms with van der Waals surface area (Å²) in [6.45, 7) is 2.03. The predicted octanol–water partition coefficient (Wildman–Crippen LogP) is 4.11. The molecule has 1 aromatic carbocycles. The molecule has 3 aromatic rings. The topological polar surface area (TPSA) is 86.2 Å². The van der Waals surface area contributed by atoms with Crippen molar-refractivity contribution in [3.8, 4) is 16.9 Å². The third-order valence-electron chi connectivity index (χ3n) is 3.79. The predicted molar refractivity (Wildman–Crippen MR) is 105 cm³/mol. The number of rotatable bonds is 6. The van der Waals surface area contributed by atoms with Gasteiger partial charge in [0.1, 0.15) is 17.4 Å². The second kappa shape index (κ2) is 8.59. The van der Waals surface area contributed by atoms with E-state index in [0.29, 0.717) is 21.4 Å². The van der Waals surface area contributed by atoms with Gasteiger partial charge in [-0.15, -0.1) is 10.2 Å². The molecule has 0 unspecified atom stereocenters. The van der Waals surface area contributed by atoms with Crippen LogP contribution < -0.4 is 10.1 Å². The summed E-state index contributed by atoms with van der Waals surface area (Å²) in [5.41, 5.74) is 1.14. The second-order valence-corrected chi connectivity index (χ2v) is 7.17. The first kappa shape index (κ1) is 20.1. The third-order valence-corrected chi connectivity index (χ3v) is 4.89. The normalized spacial score (nSPS) is 10.8. The highest BCUT2D eigenvalue weighted by atomic mass is 35.5. The number of nitrogens with zero attached hydrogens (tertiary/aromatic N) is 3. The molecule has 0 saturated heterocycles. The van der Waals surface area contributed by atoms with Crippen LogP contribution in [0.5, 0.6) is 5.75 Å². The van der Waals surface area contributed by atoms with Crippen LogP contribution in [0.2, 0.25) is 5.02 Å². The first-order chi connectivity index (χ1) is 13.4. The van der Waals surface area contributed by atoms with E-state index in [9.17, 15) is 9.18 Å². The van der Waals surface area contributed by atoms with Crippen LogP contribution in [0.4, 0.5) is 9.52 Å². The SMILES string of the molecule is COCc1nnc(NC(=O)c2cnc(C)cc2-c2c(OC)ccc(Cl)c2F)s1. The third kappa shape index (κ3) is 4.11. The molecule has 1 N–H and O–H groups in total. The fraction of sp³-hybridized carbons (Fsp3) is 0.222. The van der Waals surface area contributed by atoms with Crippen molar-refractivity contribution >= 4 is 34.0 Å². The lowest BCUT2D eigenvalue weighted by Gasteiger charge is -2.14. The molecular weight excluding hydrogens is 407 g/mol. The molecule has 0 atom stereocenters. The van der Waals surface area contributed by atoms with Crippen molar-refractivity contribution in [1.29, 1.82) is 0 Å². The lowest BCUT2D eigenvalue weighted by molar-refractivity contribution is 0.102. The number of halogens is 2. The zero-order chi connectivity index (χ0) is 20.3. The standard InChI is InChI=1S/C18H16ClFN4O3S/c1-9-6-10(15-13(27-3)5-4-12(19)16(15)20)11(7-21-9)17(25)22-18-24-23-14(28-18)8-26-2/h4-7H,8H2,1-3H3,(H,22,24,25). The monoisotopic (exact) mass is 422 g/mol. The molecule has 7 nitrogen and oxygen atoms in total. The molecule has 0 fully saturated rings. The molecule has 0 aliphatic rings. The van der Waals surface area contributed by atoms with Gasteiger partial charge in [-0.3, -0.25) is 15.1 Å². The highest BCUT2D eigenvalue weighted by Crippen LogP contribution is 2.38. The van der Waals surface area contributed by atoms with Gasteiger partial charge in [-0.05, 0) is 25.1 Å². The summed E-state index contributed by atoms with van der Waals surface area (Å²) in [5, 5.41) is 11.3. The average molecular weight is 423 g/mol. The summed E-state index contributed by atoms with van der Waals surface area (Å²) in [6.07, 6.45) is 1.37. The molecule has 0 aliphatic carbocycles. The molecule has 3 rings (SSSR count). The molecule has 0 saturated carbocycles. The van der Waals surface area contributed by atoms with E-state index < -0.39 is 11.7 Å². The molecule has 2 aromatic heterocycles. The van der Waals surface area contributed by atoms with Crippen molar-refractivity contribution in [2.45, 2.75) is 13.5 Å². The van der Waals surface area contributed by atoms with E-state index in [1.54, 1.807) is 19.1 Å². The average Bonchev–Trinajstić information content (AvgIpc) is 3.10. The lowest BCUT2D eigenvalue weighted by atomic mass is 9.98. The van der Waals surface area contributed by atoms with Crippen LogP contribution in [-0.2, 0) is 11.3 Å². The van der Waals surface area contributed by atoms with Gasteiger partial charge in [-0.25, -0.2) is 4.39 Å². The van der Waals surface area contributed by atoms with Crippen molar-refractivity contribution in [3.05, 3.63) is 51.5 Å². The van der Waals surface area contributed by atoms with E-state index in [2.05, 4.69) is 20.5 Å². The van der Waals surface area contributed by atoms with E-state index in [-0.39, 0.29) is 28.5 Å². The Labute approximate surface area is 169 Å². The maximum atomic E-state index is 14.8. The Morgan fingerprint density at radius 1 is 1.32 bits per heavy atom. The van der Waals surface area contributed by atoms with Crippen LogP contribution in [0.25, 0.3) is 11.1 Å². The van der Waals surface area contributed by atoms with Gasteiger partial charge in [-0.2, -0.15) is 0 Å². The Balaban J connectivity index is 2.04. The fourth-order valence-corrected chi connectivity index (χ4v) is 3.42. The highest BCUT2D eigenvalue weighted by Gasteiger charge is 2.22. The van der Waals surface area contributed by atoms with Gasteiger partial charge in [0.2, 0.25) is 5.13 Å². The van der Waals surface area contributed by atoms with E-state index in [1.807, 2.05) is 0 Å². The Kier molecular flexibility index (Phi) is 6.18. The van der Waals surface area contributed by atoms with Crippen LogP contribution in [0, 0.1) is 12.7 Å². The molecule has 0 radical (unpaired) electrons. The van der Waals surface area contributed by atoms with Gasteiger partial charge in [0.25, 0.3) is 5.91 Å². The minimum Gasteiger partial charge on any atom is -0.496 e. The number of aromatic nitrogens is 3. The van der Waals surface area contributed by atoms with E-state index in [0.717, 1.165) is 0 Å². The Morgan fingerprint density at radius 3 is 2.82 bits per heavy atom. The number of pyridine rings is 1. The number of carbonyl (C=O) groups excluding carboxylic acids is 1. The smallest absolute Gasteiger partial charge is 0.259 e. The Morgan fingerprint density at radius 2 is 2.11 bits per heavy atom. The molecule has 10 heteroatoms. The zero-order valence-electron chi connectivity index (χ0n) is 15.2. The number of hydrogen-bond donors (Lipinski definition) is 1. The summed E-state index contributed by atoms with van der Waals surface area (Å²) in [6, 6.07) is 4.54. The van der Waals surface area contributed by atoms with Crippen LogP contribution in [0.3, 0.4) is 0 Å². The number of amides is 1. The second-order valence-electron chi connectivity index (χ2n) is 5.70. The fourth-order valence-electron chi connectivity index (χ4n) is 2.55. The first-order valence-electron chi connectivity index (χ1n) is 8.06. The van der Waals surface area contributed by atoms with Gasteiger partial charge in [0.05, 0.1) is 23.3 Å². The number of anilines is 1. The molecule has 1 amide bonds. The van der Waals surface area contributed by atoms with Crippen LogP contribution in [0.15, 0.2) is 24.4 Å². The molecule has 146 valence electrons. The molecule has 2 heterocycles. The first-order valence-corrected chi connectivity index (χ1v) is 9.25. The summed E-state index contributed by atoms with van der Waals surface area (Å²) >= 11 is 7.13. The number of hydrogen-bond acceptors (Lipinski definition) is 7. The molecule has 0 bridgehead atoms. The number of nitrogens with one attached hydrogen (secondary N) is 1. The van der Waals surface area contributed by atoms with Crippen LogP contribution in [-0.4, -0.2) is 35.3 Å². The van der Waals surface area contributed by atoms with Gasteiger partial charge in [0, 0.05) is 24.6 Å². The number of aryl methyl sites for hydroxylation is 1. The maximum absolute atomic E-state index is 14.8. The van der Waals surface area contributed by atoms with E-state index in [1.165, 1.54) is 37.8 Å². The molecular formula is C18H16ClFN4O3S. The Hall–Kier alpha value is -2.62. The largest absolute Gasteiger partial charge is 0.496 e. The van der Waals surface area contributed by atoms with Crippen molar-refractivity contribution in [3.63, 3.8) is 0 Å². The van der Waals surface area contributed by atoms with Gasteiger partial charge < -0.3 is 9.47 Å². The number of methoxy groups -OCH3 is 2. The zero-order valence-corrected chi connectivity index (χ0v) is 16.8. The minimum absolute atomic E-state index is 0.0787. The molecule has 0 spiro atoms. The van der Waals surface area contributed by atoms with Gasteiger partial charge in [0.15, 0.2) is 5.82 Å². The lowest BCUT2D eigenvalue weighted by Crippen LogP contribution is -2.14. The number of benzene rings is 1. The number of ether oxygens (including phenoxy) is 2. The van der Waals surface area contributed by atoms with E-state index >= 15 is 0 Å². The van der Waals surface area contributed by atoms with Crippen molar-refractivity contribution in [1.82, 2.24) is 15.2 Å². The van der Waals surface area contributed by atoms with Crippen molar-refractivity contribution in [2.75, 3.05) is 19.5 Å². The summed E-state index contributed by atoms with van der Waals surface area (Å²) in [4.78, 5) is 17.0. The summed E-state index contributed by atoms with van der Waals surface area (Å²) in [5.74, 6) is -0.942. The van der Waals surface area contributed by atoms with Crippen molar-refractivity contribution in [2.24, 2.45) is 0 Å².